The molecule has 1 aliphatic carbocycles. The maximum absolute atomic E-state index is 10.5. The van der Waals surface area contributed by atoms with E-state index in [0.717, 1.165) is 24.3 Å². The highest BCUT2D eigenvalue weighted by molar-refractivity contribution is 5.92. The van der Waals surface area contributed by atoms with Gasteiger partial charge in [0.15, 0.2) is 5.78 Å². The zero-order valence-electron chi connectivity index (χ0n) is 12.6. The molecule has 1 rings (SSSR count). The maximum Gasteiger partial charge on any atom is 0.175 e. The average Bonchev–Trinajstić information content (AvgIpc) is 2.69. The van der Waals surface area contributed by atoms with Gasteiger partial charge in [-0.25, -0.2) is 0 Å². The van der Waals surface area contributed by atoms with Crippen molar-refractivity contribution in [3.63, 3.8) is 0 Å². The molecule has 110 valence electrons. The summed E-state index contributed by atoms with van der Waals surface area (Å²) in [6, 6.07) is 0. The van der Waals surface area contributed by atoms with Gasteiger partial charge in [-0.1, -0.05) is 13.3 Å². The molecule has 1 aliphatic rings. The fourth-order valence-electron chi connectivity index (χ4n) is 2.08. The first-order valence-corrected chi connectivity index (χ1v) is 6.80. The summed E-state index contributed by atoms with van der Waals surface area (Å²) >= 11 is 0. The van der Waals surface area contributed by atoms with E-state index in [1.54, 1.807) is 13.0 Å². The molecule has 0 amide bonds. The summed E-state index contributed by atoms with van der Waals surface area (Å²) in [5, 5.41) is 9.50. The summed E-state index contributed by atoms with van der Waals surface area (Å²) in [6.45, 7) is 7.33. The summed E-state index contributed by atoms with van der Waals surface area (Å²) in [5.74, 6) is 0.654. The molecule has 5 N–H and O–H groups in total. The predicted molar refractivity (Wildman–Crippen MR) is 79.2 cm³/mol. The van der Waals surface area contributed by atoms with Gasteiger partial charge in [0.2, 0.25) is 0 Å². The van der Waals surface area contributed by atoms with E-state index in [1.165, 1.54) is 26.0 Å². The van der Waals surface area contributed by atoms with Gasteiger partial charge in [-0.05, 0) is 56.9 Å². The van der Waals surface area contributed by atoms with Gasteiger partial charge in [0.1, 0.15) is 0 Å². The lowest BCUT2D eigenvalue weighted by atomic mass is 10.0. The number of hydrogen-bond donors (Lipinski definition) is 3. The number of carbonyl (C=O) groups excluding carboxylic acids is 1. The van der Waals surface area contributed by atoms with Crippen LogP contribution < -0.4 is 11.5 Å². The van der Waals surface area contributed by atoms with E-state index in [9.17, 15) is 9.90 Å². The molecule has 4 heteroatoms. The summed E-state index contributed by atoms with van der Waals surface area (Å²) in [7, 11) is 0. The molecule has 0 radical (unpaired) electrons. The fourth-order valence-corrected chi connectivity index (χ4v) is 2.08. The first-order chi connectivity index (χ1) is 8.71. The van der Waals surface area contributed by atoms with Gasteiger partial charge in [-0.15, -0.1) is 0 Å². The lowest BCUT2D eigenvalue weighted by molar-refractivity contribution is -0.113. The third-order valence-electron chi connectivity index (χ3n) is 3.45. The van der Waals surface area contributed by atoms with Gasteiger partial charge in [0, 0.05) is 6.92 Å². The normalized spacial score (nSPS) is 27.7. The Morgan fingerprint density at radius 2 is 2.05 bits per heavy atom. The Morgan fingerprint density at radius 3 is 2.32 bits per heavy atom. The van der Waals surface area contributed by atoms with Crippen LogP contribution in [0, 0.1) is 5.92 Å². The van der Waals surface area contributed by atoms with Crippen molar-refractivity contribution in [2.24, 2.45) is 17.4 Å². The molecule has 0 heterocycles. The van der Waals surface area contributed by atoms with Crippen LogP contribution in [0.25, 0.3) is 0 Å². The first-order valence-electron chi connectivity index (χ1n) is 6.80. The van der Waals surface area contributed by atoms with Crippen LogP contribution in [0.15, 0.2) is 23.5 Å². The smallest absolute Gasteiger partial charge is 0.175 e. The van der Waals surface area contributed by atoms with E-state index >= 15 is 0 Å². The minimum atomic E-state index is -0.333. The molecule has 0 aromatic rings. The Kier molecular flexibility index (Phi) is 7.45. The third kappa shape index (κ3) is 7.67. The van der Waals surface area contributed by atoms with Gasteiger partial charge in [-0.3, -0.25) is 4.79 Å². The molecule has 19 heavy (non-hydrogen) atoms. The van der Waals surface area contributed by atoms with E-state index in [4.69, 9.17) is 11.5 Å². The van der Waals surface area contributed by atoms with Crippen molar-refractivity contribution < 1.29 is 9.90 Å². The molecule has 2 unspecified atom stereocenters. The summed E-state index contributed by atoms with van der Waals surface area (Å²) < 4.78 is 0. The van der Waals surface area contributed by atoms with Crippen LogP contribution in [-0.4, -0.2) is 16.5 Å². The van der Waals surface area contributed by atoms with Gasteiger partial charge in [-0.2, -0.15) is 0 Å². The highest BCUT2D eigenvalue weighted by Gasteiger charge is 2.31. The molecule has 1 fully saturated rings. The number of Topliss-reactive ketones (excluding diaryl/α,β-unsaturated/α-hetero) is 1. The highest BCUT2D eigenvalue weighted by atomic mass is 16.3. The van der Waals surface area contributed by atoms with Crippen molar-refractivity contribution >= 4 is 5.78 Å². The number of ketones is 1. The number of aliphatic hydroxyl groups is 1. The molecule has 2 atom stereocenters. The monoisotopic (exact) mass is 268 g/mol. The summed E-state index contributed by atoms with van der Waals surface area (Å²) in [5.41, 5.74) is 11.1. The first kappa shape index (κ1) is 17.7. The number of allylic oxidation sites excluding steroid dienone is 3. The number of rotatable bonds is 3. The van der Waals surface area contributed by atoms with Crippen molar-refractivity contribution in [3.05, 3.63) is 23.5 Å². The SMILES string of the molecule is CC(=O)/C(N)=C/C(C)=C\N.CCC1CCC(C)(O)C1. The van der Waals surface area contributed by atoms with Crippen LogP contribution in [0.4, 0.5) is 0 Å². The Hall–Kier alpha value is -1.29. The van der Waals surface area contributed by atoms with Crippen molar-refractivity contribution in [1.82, 2.24) is 0 Å². The standard InChI is InChI=1S/C8H16O.C7H12N2O/c1-3-7-4-5-8(2,9)6-7;1-5(4-8)3-7(9)6(2)10/h7,9H,3-6H2,1-2H3;3-4H,8-9H2,1-2H3/b;5-4-,7-3-. The second-order valence-electron chi connectivity index (χ2n) is 5.58. The Labute approximate surface area is 116 Å². The second kappa shape index (κ2) is 8.00. The fraction of sp³-hybridized carbons (Fsp3) is 0.667. The van der Waals surface area contributed by atoms with Crippen molar-refractivity contribution in [3.8, 4) is 0 Å². The minimum absolute atomic E-state index is 0.138. The second-order valence-corrected chi connectivity index (χ2v) is 5.58. The predicted octanol–water partition coefficient (Wildman–Crippen LogP) is 2.23. The minimum Gasteiger partial charge on any atom is -0.404 e. The van der Waals surface area contributed by atoms with Crippen LogP contribution in [0.3, 0.4) is 0 Å². The van der Waals surface area contributed by atoms with Crippen molar-refractivity contribution in [2.45, 2.75) is 59.0 Å². The molecule has 4 nitrogen and oxygen atoms in total. The Bertz CT molecular complexity index is 357. The molecule has 0 spiro atoms. The van der Waals surface area contributed by atoms with Crippen LogP contribution >= 0.6 is 0 Å². The molecule has 1 saturated carbocycles. The molecule has 0 aromatic carbocycles. The lowest BCUT2D eigenvalue weighted by Crippen LogP contribution is -2.18. The molecule has 0 aromatic heterocycles. The molecular weight excluding hydrogens is 240 g/mol. The van der Waals surface area contributed by atoms with Crippen LogP contribution in [0.1, 0.15) is 53.4 Å². The largest absolute Gasteiger partial charge is 0.404 e. The highest BCUT2D eigenvalue weighted by Crippen LogP contribution is 2.35. The van der Waals surface area contributed by atoms with Crippen LogP contribution in [0.2, 0.25) is 0 Å². The van der Waals surface area contributed by atoms with E-state index in [-0.39, 0.29) is 17.1 Å². The molecule has 0 saturated heterocycles. The zero-order valence-corrected chi connectivity index (χ0v) is 12.6. The maximum atomic E-state index is 10.5. The van der Waals surface area contributed by atoms with Gasteiger partial charge < -0.3 is 16.6 Å². The van der Waals surface area contributed by atoms with Gasteiger partial charge in [0.05, 0.1) is 11.3 Å². The lowest BCUT2D eigenvalue weighted by Gasteiger charge is -2.14. The number of carbonyl (C=O) groups is 1. The van der Waals surface area contributed by atoms with Crippen LogP contribution in [-0.2, 0) is 4.79 Å². The topological polar surface area (TPSA) is 89.3 Å². The van der Waals surface area contributed by atoms with Gasteiger partial charge in [0.25, 0.3) is 0 Å². The van der Waals surface area contributed by atoms with E-state index < -0.39 is 0 Å². The number of nitrogens with two attached hydrogens (primary N) is 2. The zero-order chi connectivity index (χ0) is 15.1. The quantitative estimate of drug-likeness (QED) is 0.541. The van der Waals surface area contributed by atoms with Crippen molar-refractivity contribution in [2.75, 3.05) is 0 Å². The molecule has 0 aliphatic heterocycles. The van der Waals surface area contributed by atoms with E-state index in [2.05, 4.69) is 6.92 Å². The van der Waals surface area contributed by atoms with E-state index in [0.29, 0.717) is 0 Å². The van der Waals surface area contributed by atoms with Crippen LogP contribution in [0.5, 0.6) is 0 Å². The molecule has 0 bridgehead atoms. The Morgan fingerprint density at radius 1 is 1.47 bits per heavy atom. The summed E-state index contributed by atoms with van der Waals surface area (Å²) in [6.07, 6.45) is 7.42. The van der Waals surface area contributed by atoms with E-state index in [1.807, 2.05) is 6.92 Å². The summed E-state index contributed by atoms with van der Waals surface area (Å²) in [4.78, 5) is 10.5. The average molecular weight is 268 g/mol. The third-order valence-corrected chi connectivity index (χ3v) is 3.45. The Balaban J connectivity index is 0.000000342. The molecular formula is C15H28N2O2. The number of hydrogen-bond acceptors (Lipinski definition) is 4. The van der Waals surface area contributed by atoms with Gasteiger partial charge >= 0.3 is 0 Å². The van der Waals surface area contributed by atoms with Crippen molar-refractivity contribution in [1.29, 1.82) is 0 Å².